The molecule has 0 radical (unpaired) electrons. The maximum atomic E-state index is 12.4. The molecule has 0 aliphatic carbocycles. The van der Waals surface area contributed by atoms with Gasteiger partial charge in [-0.3, -0.25) is 0 Å². The third-order valence-corrected chi connectivity index (χ3v) is 4.28. The number of hydrogen-bond acceptors (Lipinski definition) is 2. The lowest BCUT2D eigenvalue weighted by atomic mass is 10.2. The van der Waals surface area contributed by atoms with Crippen LogP contribution in [-0.4, -0.2) is 14.8 Å². The van der Waals surface area contributed by atoms with Gasteiger partial charge < -0.3 is 0 Å². The molecule has 3 nitrogen and oxygen atoms in total. The van der Waals surface area contributed by atoms with Crippen molar-refractivity contribution in [3.8, 4) is 0 Å². The molecule has 0 atom stereocenters. The molecule has 0 unspecified atom stereocenters. The monoisotopic (exact) mass is 463 g/mol. The fourth-order valence-electron chi connectivity index (χ4n) is 2.12. The molecule has 0 aliphatic heterocycles. The van der Waals surface area contributed by atoms with Crippen LogP contribution in [0.5, 0.6) is 0 Å². The van der Waals surface area contributed by atoms with Crippen LogP contribution in [0.25, 0.3) is 16.4 Å². The average molecular weight is 463 g/mol. The molecule has 0 saturated carbocycles. The number of benzene rings is 2. The first-order valence-corrected chi connectivity index (χ1v) is 7.84. The SMILES string of the molecule is Fc1c(F)c(F)c(I)c(F)c1F.c1ccc2c(c1)ccc1cnnn12. The minimum Gasteiger partial charge on any atom is -0.213 e. The van der Waals surface area contributed by atoms with Crippen molar-refractivity contribution < 1.29 is 22.0 Å². The van der Waals surface area contributed by atoms with Gasteiger partial charge in [-0.1, -0.05) is 29.5 Å². The first-order valence-electron chi connectivity index (χ1n) is 6.77. The van der Waals surface area contributed by atoms with E-state index in [1.54, 1.807) is 6.20 Å². The van der Waals surface area contributed by atoms with Crippen molar-refractivity contribution in [2.45, 2.75) is 0 Å². The van der Waals surface area contributed by atoms with Gasteiger partial charge in [-0.25, -0.2) is 26.5 Å². The molecule has 2 aromatic carbocycles. The molecule has 0 saturated heterocycles. The molecule has 2 aromatic heterocycles. The van der Waals surface area contributed by atoms with Crippen molar-refractivity contribution >= 4 is 39.0 Å². The molecule has 0 fully saturated rings. The molecule has 0 spiro atoms. The third kappa shape index (κ3) is 3.15. The molecule has 128 valence electrons. The molecule has 0 aliphatic rings. The van der Waals surface area contributed by atoms with Gasteiger partial charge in [-0.15, -0.1) is 5.10 Å². The zero-order valence-electron chi connectivity index (χ0n) is 12.2. The van der Waals surface area contributed by atoms with Gasteiger partial charge in [0.2, 0.25) is 5.82 Å². The van der Waals surface area contributed by atoms with Gasteiger partial charge in [0.15, 0.2) is 23.3 Å². The van der Waals surface area contributed by atoms with Crippen LogP contribution in [0.4, 0.5) is 22.0 Å². The van der Waals surface area contributed by atoms with Crippen molar-refractivity contribution in [3.05, 3.63) is 75.3 Å². The van der Waals surface area contributed by atoms with Crippen LogP contribution in [-0.2, 0) is 0 Å². The second kappa shape index (κ2) is 6.90. The van der Waals surface area contributed by atoms with Crippen molar-refractivity contribution in [2.24, 2.45) is 0 Å². The molecular weight excluding hydrogens is 456 g/mol. The van der Waals surface area contributed by atoms with Crippen LogP contribution < -0.4 is 0 Å². The lowest BCUT2D eigenvalue weighted by Gasteiger charge is -2.00. The van der Waals surface area contributed by atoms with Gasteiger partial charge in [-0.2, -0.15) is 0 Å². The van der Waals surface area contributed by atoms with E-state index in [1.165, 1.54) is 5.39 Å². The van der Waals surface area contributed by atoms with E-state index in [9.17, 15) is 22.0 Å². The first-order chi connectivity index (χ1) is 11.9. The summed E-state index contributed by atoms with van der Waals surface area (Å²) in [4.78, 5) is 0. The summed E-state index contributed by atoms with van der Waals surface area (Å²) in [6.45, 7) is 0. The largest absolute Gasteiger partial charge is 0.213 e. The lowest BCUT2D eigenvalue weighted by Crippen LogP contribution is -2.03. The molecule has 2 heterocycles. The Kier molecular flexibility index (Phi) is 4.84. The van der Waals surface area contributed by atoms with E-state index >= 15 is 0 Å². The van der Waals surface area contributed by atoms with Gasteiger partial charge in [-0.05, 0) is 34.7 Å². The molecule has 0 bridgehead atoms. The number of aromatic nitrogens is 3. The second-order valence-electron chi connectivity index (χ2n) is 4.85. The summed E-state index contributed by atoms with van der Waals surface area (Å²) < 4.78 is 62.5. The Morgan fingerprint density at radius 1 is 0.760 bits per heavy atom. The van der Waals surface area contributed by atoms with E-state index in [1.807, 2.05) is 28.8 Å². The van der Waals surface area contributed by atoms with E-state index in [0.717, 1.165) is 33.6 Å². The fraction of sp³-hybridized carbons (Fsp3) is 0. The Bertz CT molecular complexity index is 975. The number of hydrogen-bond donors (Lipinski definition) is 0. The number of fused-ring (bicyclic) bond motifs is 3. The quantitative estimate of drug-likeness (QED) is 0.161. The Labute approximate surface area is 151 Å². The summed E-state index contributed by atoms with van der Waals surface area (Å²) in [5, 5.41) is 9.06. The van der Waals surface area contributed by atoms with Crippen molar-refractivity contribution in [3.63, 3.8) is 0 Å². The lowest BCUT2D eigenvalue weighted by molar-refractivity contribution is 0.373. The summed E-state index contributed by atoms with van der Waals surface area (Å²) >= 11 is 1.04. The standard InChI is InChI=1S/C10H7N3.C6F5I/c1-2-4-10-8(3-1)5-6-9-7-11-12-13(9)10;7-1-2(8)4(10)6(12)5(11)3(1)9/h1-7H;. The van der Waals surface area contributed by atoms with Gasteiger partial charge in [0.1, 0.15) is 0 Å². The number of rotatable bonds is 0. The first kappa shape index (κ1) is 17.5. The minimum absolute atomic E-state index is 0.899. The highest BCUT2D eigenvalue weighted by atomic mass is 127. The van der Waals surface area contributed by atoms with Crippen LogP contribution in [0, 0.1) is 32.7 Å². The van der Waals surface area contributed by atoms with Crippen molar-refractivity contribution in [1.29, 1.82) is 0 Å². The molecule has 4 rings (SSSR count). The van der Waals surface area contributed by atoms with Gasteiger partial charge >= 0.3 is 0 Å². The topological polar surface area (TPSA) is 30.2 Å². The van der Waals surface area contributed by atoms with Gasteiger partial charge in [0.25, 0.3) is 0 Å². The van der Waals surface area contributed by atoms with Crippen LogP contribution in [0.2, 0.25) is 0 Å². The fourth-order valence-corrected chi connectivity index (χ4v) is 2.59. The van der Waals surface area contributed by atoms with E-state index in [-0.39, 0.29) is 0 Å². The van der Waals surface area contributed by atoms with Crippen LogP contribution in [0.15, 0.2) is 42.6 Å². The Morgan fingerprint density at radius 3 is 2.04 bits per heavy atom. The van der Waals surface area contributed by atoms with E-state index in [0.29, 0.717) is 0 Å². The summed E-state index contributed by atoms with van der Waals surface area (Å²) in [6.07, 6.45) is 1.76. The Hall–Kier alpha value is -2.30. The number of halogens is 6. The van der Waals surface area contributed by atoms with Crippen LogP contribution in [0.3, 0.4) is 0 Å². The summed E-state index contributed by atoms with van der Waals surface area (Å²) in [6, 6.07) is 12.2. The normalized spacial score (nSPS) is 10.8. The zero-order valence-corrected chi connectivity index (χ0v) is 14.3. The van der Waals surface area contributed by atoms with Gasteiger partial charge in [0, 0.05) is 5.39 Å². The molecule has 9 heteroatoms. The Morgan fingerprint density at radius 2 is 1.36 bits per heavy atom. The second-order valence-corrected chi connectivity index (χ2v) is 5.93. The maximum Gasteiger partial charge on any atom is 0.200 e. The third-order valence-electron chi connectivity index (χ3n) is 3.33. The van der Waals surface area contributed by atoms with Gasteiger partial charge in [0.05, 0.1) is 20.8 Å². The summed E-state index contributed by atoms with van der Waals surface area (Å²) in [5.74, 6) is -9.57. The highest BCUT2D eigenvalue weighted by Crippen LogP contribution is 2.23. The summed E-state index contributed by atoms with van der Waals surface area (Å²) in [5.41, 5.74) is 2.12. The van der Waals surface area contributed by atoms with E-state index < -0.39 is 32.7 Å². The zero-order chi connectivity index (χ0) is 18.1. The summed E-state index contributed by atoms with van der Waals surface area (Å²) in [7, 11) is 0. The number of pyridine rings is 1. The number of nitrogens with zero attached hydrogens (tertiary/aromatic N) is 3. The molecule has 25 heavy (non-hydrogen) atoms. The predicted octanol–water partition coefficient (Wildman–Crippen LogP) is 4.87. The smallest absolute Gasteiger partial charge is 0.200 e. The molecule has 4 aromatic rings. The highest BCUT2D eigenvalue weighted by molar-refractivity contribution is 14.1. The Balaban J connectivity index is 0.000000147. The van der Waals surface area contributed by atoms with Crippen LogP contribution >= 0.6 is 22.6 Å². The highest BCUT2D eigenvalue weighted by Gasteiger charge is 2.23. The minimum atomic E-state index is -2.13. The van der Waals surface area contributed by atoms with Crippen LogP contribution in [0.1, 0.15) is 0 Å². The molecule has 0 amide bonds. The van der Waals surface area contributed by atoms with E-state index in [4.69, 9.17) is 0 Å². The number of para-hydroxylation sites is 1. The molecule has 0 N–H and O–H groups in total. The van der Waals surface area contributed by atoms with Crippen molar-refractivity contribution in [2.75, 3.05) is 0 Å². The predicted molar refractivity (Wildman–Crippen MR) is 89.4 cm³/mol. The maximum absolute atomic E-state index is 12.4. The average Bonchev–Trinajstić information content (AvgIpc) is 3.13. The van der Waals surface area contributed by atoms with E-state index in [2.05, 4.69) is 22.4 Å². The molecular formula is C16H7F5IN3. The van der Waals surface area contributed by atoms with Crippen molar-refractivity contribution in [1.82, 2.24) is 14.8 Å².